The molecule has 0 unspecified atom stereocenters. The van der Waals surface area contributed by atoms with E-state index in [0.29, 0.717) is 6.42 Å². The van der Waals surface area contributed by atoms with Crippen molar-refractivity contribution in [1.29, 1.82) is 0 Å². The Bertz CT molecular complexity index is 745. The van der Waals surface area contributed by atoms with E-state index in [0.717, 1.165) is 50.0 Å². The summed E-state index contributed by atoms with van der Waals surface area (Å²) in [7, 11) is 1.69. The lowest BCUT2D eigenvalue weighted by Gasteiger charge is -2.42. The second kappa shape index (κ2) is 9.55. The van der Waals surface area contributed by atoms with Crippen LogP contribution >= 0.6 is 0 Å². The van der Waals surface area contributed by atoms with Crippen LogP contribution in [0, 0.1) is 19.8 Å². The molecule has 0 bridgehead atoms. The molecule has 1 amide bonds. The Morgan fingerprint density at radius 2 is 1.48 bits per heavy atom. The van der Waals surface area contributed by atoms with Crippen LogP contribution in [0.25, 0.3) is 0 Å². The molecule has 2 aromatic rings. The van der Waals surface area contributed by atoms with Gasteiger partial charge in [-0.15, -0.1) is 0 Å². The van der Waals surface area contributed by atoms with Gasteiger partial charge in [0.1, 0.15) is 5.60 Å². The smallest absolute Gasteiger partial charge is 0.219 e. The van der Waals surface area contributed by atoms with E-state index < -0.39 is 5.60 Å². The van der Waals surface area contributed by atoms with Crippen LogP contribution in [0.3, 0.4) is 0 Å². The van der Waals surface area contributed by atoms with Gasteiger partial charge in [0, 0.05) is 13.5 Å². The third-order valence-corrected chi connectivity index (χ3v) is 6.32. The lowest BCUT2D eigenvalue weighted by molar-refractivity contribution is -0.120. The first kappa shape index (κ1) is 21.5. The molecule has 4 heteroatoms. The highest BCUT2D eigenvalue weighted by atomic mass is 16.3. The first-order valence-corrected chi connectivity index (χ1v) is 10.7. The summed E-state index contributed by atoms with van der Waals surface area (Å²) in [6.07, 6.45) is 3.34. The summed E-state index contributed by atoms with van der Waals surface area (Å²) in [5, 5.41) is 14.7. The summed E-state index contributed by atoms with van der Waals surface area (Å²) in [4.78, 5) is 13.9. The van der Waals surface area contributed by atoms with Crippen molar-refractivity contribution in [3.05, 3.63) is 70.8 Å². The fraction of sp³-hybridized carbons (Fsp3) is 0.480. The number of hydrogen-bond acceptors (Lipinski definition) is 3. The molecule has 0 spiro atoms. The average molecular weight is 395 g/mol. The van der Waals surface area contributed by atoms with Crippen LogP contribution in [-0.4, -0.2) is 42.6 Å². The van der Waals surface area contributed by atoms with E-state index in [-0.39, 0.29) is 11.8 Å². The number of carbonyl (C=O) groups excluding carboxylic acids is 1. The first-order valence-electron chi connectivity index (χ1n) is 10.7. The van der Waals surface area contributed by atoms with Crippen molar-refractivity contribution < 1.29 is 9.90 Å². The van der Waals surface area contributed by atoms with Crippen molar-refractivity contribution in [3.8, 4) is 0 Å². The molecule has 156 valence electrons. The Balaban J connectivity index is 1.75. The molecule has 0 aromatic heterocycles. The second-order valence-corrected chi connectivity index (χ2v) is 8.39. The Labute approximate surface area is 174 Å². The standard InChI is InChI=1S/C25H34N2O2/c1-19-6-10-21(11-7-19)25(29,22-12-8-20(2)9-13-22)23-14-17-27(18-15-23)16-4-5-24(28)26-3/h6-13,23,29H,4-5,14-18H2,1-3H3,(H,26,28). The van der Waals surface area contributed by atoms with Crippen molar-refractivity contribution >= 4 is 5.91 Å². The summed E-state index contributed by atoms with van der Waals surface area (Å²) < 4.78 is 0. The number of nitrogens with zero attached hydrogens (tertiary/aromatic N) is 1. The van der Waals surface area contributed by atoms with Crippen LogP contribution in [0.5, 0.6) is 0 Å². The Morgan fingerprint density at radius 1 is 1.00 bits per heavy atom. The minimum Gasteiger partial charge on any atom is -0.380 e. The number of aliphatic hydroxyl groups is 1. The van der Waals surface area contributed by atoms with Gasteiger partial charge < -0.3 is 15.3 Å². The minimum absolute atomic E-state index is 0.105. The fourth-order valence-corrected chi connectivity index (χ4v) is 4.42. The first-order chi connectivity index (χ1) is 13.9. The van der Waals surface area contributed by atoms with Gasteiger partial charge in [0.05, 0.1) is 0 Å². The highest BCUT2D eigenvalue weighted by Gasteiger charge is 2.41. The predicted octanol–water partition coefficient (Wildman–Crippen LogP) is 3.78. The number of nitrogens with one attached hydrogen (secondary N) is 1. The van der Waals surface area contributed by atoms with E-state index in [9.17, 15) is 9.90 Å². The molecule has 1 saturated heterocycles. The lowest BCUT2D eigenvalue weighted by Crippen LogP contribution is -2.44. The normalized spacial score (nSPS) is 16.0. The van der Waals surface area contributed by atoms with Crippen LogP contribution in [0.15, 0.2) is 48.5 Å². The molecule has 1 fully saturated rings. The zero-order chi connectivity index (χ0) is 20.9. The Kier molecular flexibility index (Phi) is 7.09. The van der Waals surface area contributed by atoms with Crippen LogP contribution in [0.2, 0.25) is 0 Å². The molecule has 0 atom stereocenters. The Morgan fingerprint density at radius 3 is 1.93 bits per heavy atom. The number of rotatable bonds is 7. The van der Waals surface area contributed by atoms with E-state index in [1.54, 1.807) is 7.05 Å². The Hall–Kier alpha value is -2.17. The molecule has 1 aliphatic heterocycles. The number of carbonyl (C=O) groups is 1. The maximum atomic E-state index is 12.1. The molecule has 3 rings (SSSR count). The highest BCUT2D eigenvalue weighted by Crippen LogP contribution is 2.42. The molecule has 2 aromatic carbocycles. The van der Waals surface area contributed by atoms with Gasteiger partial charge in [0.2, 0.25) is 5.91 Å². The number of benzene rings is 2. The van der Waals surface area contributed by atoms with E-state index in [4.69, 9.17) is 0 Å². The van der Waals surface area contributed by atoms with Gasteiger partial charge >= 0.3 is 0 Å². The monoisotopic (exact) mass is 394 g/mol. The van der Waals surface area contributed by atoms with Gasteiger partial charge in [-0.1, -0.05) is 59.7 Å². The molecule has 4 nitrogen and oxygen atoms in total. The topological polar surface area (TPSA) is 52.6 Å². The number of amides is 1. The van der Waals surface area contributed by atoms with Gasteiger partial charge in [-0.05, 0) is 69.8 Å². The summed E-state index contributed by atoms with van der Waals surface area (Å²) in [5.41, 5.74) is 3.38. The largest absolute Gasteiger partial charge is 0.380 e. The summed E-state index contributed by atoms with van der Waals surface area (Å²) in [5.74, 6) is 0.274. The number of hydrogen-bond donors (Lipinski definition) is 2. The van der Waals surface area contributed by atoms with E-state index >= 15 is 0 Å². The highest BCUT2D eigenvalue weighted by molar-refractivity contribution is 5.75. The molecular formula is C25H34N2O2. The van der Waals surface area contributed by atoms with Gasteiger partial charge in [-0.25, -0.2) is 0 Å². The quantitative estimate of drug-likeness (QED) is 0.751. The number of piperidine rings is 1. The number of likely N-dealkylation sites (tertiary alicyclic amines) is 1. The predicted molar refractivity (Wildman–Crippen MR) is 118 cm³/mol. The molecule has 0 aliphatic carbocycles. The molecular weight excluding hydrogens is 360 g/mol. The lowest BCUT2D eigenvalue weighted by atomic mass is 9.72. The average Bonchev–Trinajstić information content (AvgIpc) is 2.74. The summed E-state index contributed by atoms with van der Waals surface area (Å²) in [6.45, 7) is 7.00. The van der Waals surface area contributed by atoms with Crippen LogP contribution in [-0.2, 0) is 10.4 Å². The van der Waals surface area contributed by atoms with Crippen LogP contribution < -0.4 is 5.32 Å². The van der Waals surface area contributed by atoms with E-state index in [1.165, 1.54) is 11.1 Å². The van der Waals surface area contributed by atoms with Crippen molar-refractivity contribution in [2.24, 2.45) is 5.92 Å². The van der Waals surface area contributed by atoms with Crippen molar-refractivity contribution in [1.82, 2.24) is 10.2 Å². The van der Waals surface area contributed by atoms with E-state index in [2.05, 4.69) is 72.6 Å². The SMILES string of the molecule is CNC(=O)CCCN1CCC(C(O)(c2ccc(C)cc2)c2ccc(C)cc2)CC1. The molecule has 0 saturated carbocycles. The zero-order valence-electron chi connectivity index (χ0n) is 17.9. The summed E-state index contributed by atoms with van der Waals surface area (Å²) in [6, 6.07) is 16.6. The zero-order valence-corrected chi connectivity index (χ0v) is 17.9. The second-order valence-electron chi connectivity index (χ2n) is 8.39. The molecule has 29 heavy (non-hydrogen) atoms. The minimum atomic E-state index is -0.977. The maximum absolute atomic E-state index is 12.1. The summed E-state index contributed by atoms with van der Waals surface area (Å²) >= 11 is 0. The van der Waals surface area contributed by atoms with Crippen molar-refractivity contribution in [3.63, 3.8) is 0 Å². The van der Waals surface area contributed by atoms with Crippen LogP contribution in [0.1, 0.15) is 47.9 Å². The molecule has 2 N–H and O–H groups in total. The molecule has 0 radical (unpaired) electrons. The van der Waals surface area contributed by atoms with Gasteiger partial charge in [0.15, 0.2) is 0 Å². The molecule has 1 heterocycles. The third kappa shape index (κ3) is 5.06. The van der Waals surface area contributed by atoms with Crippen LogP contribution in [0.4, 0.5) is 0 Å². The number of aryl methyl sites for hydroxylation is 2. The molecule has 1 aliphatic rings. The van der Waals surface area contributed by atoms with Crippen molar-refractivity contribution in [2.45, 2.75) is 45.1 Å². The maximum Gasteiger partial charge on any atom is 0.219 e. The van der Waals surface area contributed by atoms with Crippen molar-refractivity contribution in [2.75, 3.05) is 26.7 Å². The van der Waals surface area contributed by atoms with E-state index in [1.807, 2.05) is 0 Å². The van der Waals surface area contributed by atoms with Gasteiger partial charge in [0.25, 0.3) is 0 Å². The van der Waals surface area contributed by atoms with Gasteiger partial charge in [-0.3, -0.25) is 4.79 Å². The van der Waals surface area contributed by atoms with Gasteiger partial charge in [-0.2, -0.15) is 0 Å². The third-order valence-electron chi connectivity index (χ3n) is 6.32. The fourth-order valence-electron chi connectivity index (χ4n) is 4.42.